The number of aliphatic hydroxyl groups excluding tert-OH is 8. The summed E-state index contributed by atoms with van der Waals surface area (Å²) in [5, 5.41) is 76.5. The van der Waals surface area contributed by atoms with Gasteiger partial charge in [0.05, 0.1) is 13.2 Å². The van der Waals surface area contributed by atoms with Crippen LogP contribution in [-0.2, 0) is 14.2 Å². The molecular formula is C12H22O11. The summed E-state index contributed by atoms with van der Waals surface area (Å²) >= 11 is 0. The fourth-order valence-corrected chi connectivity index (χ4v) is 2.57. The van der Waals surface area contributed by atoms with E-state index in [1.54, 1.807) is 0 Å². The number of rotatable bonds is 4. The largest absolute Gasteiger partial charge is 0.394 e. The van der Waals surface area contributed by atoms with Gasteiger partial charge in [-0.25, -0.2) is 0 Å². The molecule has 2 rings (SSSR count). The van der Waals surface area contributed by atoms with Crippen LogP contribution in [0.5, 0.6) is 0 Å². The Morgan fingerprint density at radius 1 is 0.652 bits per heavy atom. The van der Waals surface area contributed by atoms with Gasteiger partial charge >= 0.3 is 0 Å². The number of hydrogen-bond donors (Lipinski definition) is 8. The summed E-state index contributed by atoms with van der Waals surface area (Å²) in [6, 6.07) is 0. The Hall–Kier alpha value is -0.440. The highest BCUT2D eigenvalue weighted by molar-refractivity contribution is 4.93. The monoisotopic (exact) mass is 348 g/mol. The molecule has 0 aromatic carbocycles. The maximum Gasteiger partial charge on any atom is 0.187 e. The Labute approximate surface area is 130 Å². The summed E-state index contributed by atoms with van der Waals surface area (Å²) in [5.74, 6) is 0. The van der Waals surface area contributed by atoms with E-state index in [0.717, 1.165) is 0 Å². The zero-order chi connectivity index (χ0) is 17.3. The van der Waals surface area contributed by atoms with Crippen LogP contribution in [0.15, 0.2) is 0 Å². The quantitative estimate of drug-likeness (QED) is 0.226. The first kappa shape index (κ1) is 18.9. The average Bonchev–Trinajstić information content (AvgIpc) is 2.55. The first-order valence-corrected chi connectivity index (χ1v) is 7.08. The van der Waals surface area contributed by atoms with Gasteiger partial charge < -0.3 is 55.1 Å². The van der Waals surface area contributed by atoms with Gasteiger partial charge in [-0.2, -0.15) is 0 Å². The van der Waals surface area contributed by atoms with E-state index in [0.29, 0.717) is 0 Å². The van der Waals surface area contributed by atoms with Crippen LogP contribution < -0.4 is 0 Å². The minimum atomic E-state index is -1.74. The smallest absolute Gasteiger partial charge is 0.187 e. The van der Waals surface area contributed by atoms with Crippen molar-refractivity contribution in [1.29, 1.82) is 0 Å². The molecule has 11 heteroatoms. The summed E-state index contributed by atoms with van der Waals surface area (Å²) in [7, 11) is 0. The lowest BCUT2D eigenvalue weighted by Crippen LogP contribution is -2.64. The molecule has 2 aliphatic rings. The Bertz CT molecular complexity index is 378. The van der Waals surface area contributed by atoms with Crippen molar-refractivity contribution in [2.24, 2.45) is 0 Å². The maximum absolute atomic E-state index is 9.94. The first-order valence-electron chi connectivity index (χ1n) is 7.08. The minimum absolute atomic E-state index is 0.667. The molecule has 8 N–H and O–H groups in total. The molecule has 0 radical (unpaired) electrons. The second-order valence-electron chi connectivity index (χ2n) is 5.53. The summed E-state index contributed by atoms with van der Waals surface area (Å²) in [6.45, 7) is -1.35. The van der Waals surface area contributed by atoms with Crippen molar-refractivity contribution in [1.82, 2.24) is 0 Å². The second kappa shape index (κ2) is 7.63. The van der Waals surface area contributed by atoms with Crippen LogP contribution in [0, 0.1) is 0 Å². The highest BCUT2D eigenvalue weighted by atomic mass is 16.9. The molecule has 0 saturated carbocycles. The Balaban J connectivity index is 2.11. The summed E-state index contributed by atoms with van der Waals surface area (Å²) in [6.07, 6.45) is -15.6. The van der Waals surface area contributed by atoms with Crippen molar-refractivity contribution in [2.45, 2.75) is 61.4 Å². The predicted molar refractivity (Wildman–Crippen MR) is 68.6 cm³/mol. The molecule has 2 fully saturated rings. The Morgan fingerprint density at radius 3 is 1.83 bits per heavy atom. The molecule has 2 heterocycles. The lowest BCUT2D eigenvalue weighted by molar-refractivity contribution is -0.355. The van der Waals surface area contributed by atoms with Crippen LogP contribution in [-0.4, -0.2) is 115 Å². The van der Waals surface area contributed by atoms with E-state index >= 15 is 0 Å². The van der Waals surface area contributed by atoms with Crippen molar-refractivity contribution in [3.8, 4) is 0 Å². The lowest BCUT2D eigenvalue weighted by Gasteiger charge is -2.45. The van der Waals surface area contributed by atoms with Gasteiger partial charge in [0.15, 0.2) is 12.6 Å². The third-order valence-corrected chi connectivity index (χ3v) is 3.98. The van der Waals surface area contributed by atoms with Gasteiger partial charge in [-0.15, -0.1) is 0 Å². The molecule has 136 valence electrons. The fraction of sp³-hybridized carbons (Fsp3) is 1.00. The van der Waals surface area contributed by atoms with E-state index in [-0.39, 0.29) is 0 Å². The third kappa shape index (κ3) is 3.65. The second-order valence-corrected chi connectivity index (χ2v) is 5.53. The summed E-state index contributed by atoms with van der Waals surface area (Å²) in [5.41, 5.74) is 0. The van der Waals surface area contributed by atoms with Gasteiger partial charge in [0.1, 0.15) is 48.8 Å². The van der Waals surface area contributed by atoms with Crippen LogP contribution in [0.4, 0.5) is 0 Å². The normalized spacial score (nSPS) is 51.7. The minimum Gasteiger partial charge on any atom is -0.394 e. The van der Waals surface area contributed by atoms with Crippen LogP contribution in [0.1, 0.15) is 0 Å². The molecule has 0 amide bonds. The van der Waals surface area contributed by atoms with Crippen molar-refractivity contribution in [3.05, 3.63) is 0 Å². The maximum atomic E-state index is 9.94. The molecule has 0 aliphatic carbocycles. The average molecular weight is 348 g/mol. The SMILES string of the molecule is OC[C@H]1O[C@@H](O[13C@H]2[13C@H](O)[13C@@H](O)[13CH](O)O[13C@@H]2[13CH2]O)[C@H](O)[C@@H](O)[C@H]1O. The van der Waals surface area contributed by atoms with E-state index in [2.05, 4.69) is 0 Å². The van der Waals surface area contributed by atoms with Crippen molar-refractivity contribution in [3.63, 3.8) is 0 Å². The van der Waals surface area contributed by atoms with Crippen LogP contribution in [0.2, 0.25) is 0 Å². The van der Waals surface area contributed by atoms with E-state index < -0.39 is 74.6 Å². The zero-order valence-corrected chi connectivity index (χ0v) is 12.0. The zero-order valence-electron chi connectivity index (χ0n) is 12.0. The van der Waals surface area contributed by atoms with E-state index in [4.69, 9.17) is 19.3 Å². The summed E-state index contributed by atoms with van der Waals surface area (Å²) in [4.78, 5) is 0. The molecule has 2 saturated heterocycles. The molecule has 11 nitrogen and oxygen atoms in total. The molecule has 23 heavy (non-hydrogen) atoms. The molecule has 10 atom stereocenters. The van der Waals surface area contributed by atoms with Crippen LogP contribution in [0.25, 0.3) is 0 Å². The highest BCUT2D eigenvalue weighted by Gasteiger charge is 2.50. The molecule has 0 bridgehead atoms. The van der Waals surface area contributed by atoms with E-state index in [1.807, 2.05) is 0 Å². The van der Waals surface area contributed by atoms with Gasteiger partial charge in [-0.1, -0.05) is 0 Å². The van der Waals surface area contributed by atoms with E-state index in [9.17, 15) is 35.7 Å². The van der Waals surface area contributed by atoms with Crippen LogP contribution >= 0.6 is 0 Å². The van der Waals surface area contributed by atoms with Gasteiger partial charge in [0.25, 0.3) is 0 Å². The number of hydrogen-bond acceptors (Lipinski definition) is 11. The molecule has 1 unspecified atom stereocenters. The van der Waals surface area contributed by atoms with Crippen molar-refractivity contribution >= 4 is 0 Å². The van der Waals surface area contributed by atoms with Crippen molar-refractivity contribution in [2.75, 3.05) is 13.2 Å². The lowest BCUT2D eigenvalue weighted by atomic mass is 9.99. The van der Waals surface area contributed by atoms with Crippen molar-refractivity contribution < 1.29 is 55.1 Å². The van der Waals surface area contributed by atoms with Gasteiger partial charge in [-0.3, -0.25) is 0 Å². The highest BCUT2D eigenvalue weighted by Crippen LogP contribution is 2.28. The molecule has 0 aromatic heterocycles. The molecule has 0 aromatic rings. The Kier molecular flexibility index (Phi) is 6.27. The molecular weight excluding hydrogens is 326 g/mol. The number of aliphatic hydroxyl groups is 8. The van der Waals surface area contributed by atoms with Gasteiger partial charge in [-0.05, 0) is 0 Å². The third-order valence-electron chi connectivity index (χ3n) is 3.98. The molecule has 2 aliphatic heterocycles. The number of ether oxygens (including phenoxy) is 3. The van der Waals surface area contributed by atoms with Gasteiger partial charge in [0.2, 0.25) is 0 Å². The Morgan fingerprint density at radius 2 is 1.26 bits per heavy atom. The fourth-order valence-electron chi connectivity index (χ4n) is 2.57. The molecule has 0 spiro atoms. The standard InChI is InChI=1S/C12H22O11/c13-1-3-5(15)6(16)9(19)12(22-3)23-10-4(2-14)21-11(20)8(18)7(10)17/h3-20H,1-2H2/t3-,4-,5+,6+,7-,8-,9-,10-,11?,12+/m1/s1/i2+1,4+1,7+1,8+1,10+1,11+1. The van der Waals surface area contributed by atoms with Gasteiger partial charge in [0, 0.05) is 0 Å². The topological polar surface area (TPSA) is 190 Å². The summed E-state index contributed by atoms with van der Waals surface area (Å²) < 4.78 is 15.3. The first-order chi connectivity index (χ1) is 10.8. The van der Waals surface area contributed by atoms with Crippen LogP contribution in [0.3, 0.4) is 0 Å². The van der Waals surface area contributed by atoms with E-state index in [1.165, 1.54) is 0 Å². The predicted octanol–water partition coefficient (Wildman–Crippen LogP) is -5.40.